The number of aromatic nitrogens is 5. The number of alkyl halides is 9. The van der Waals surface area contributed by atoms with Crippen LogP contribution in [0.25, 0.3) is 17.1 Å². The number of halogens is 12. The van der Waals surface area contributed by atoms with Gasteiger partial charge in [-0.15, -0.1) is 0 Å². The minimum Gasteiger partial charge on any atom is -0.462 e. The number of carbonyl (C=O) groups is 1. The maximum atomic E-state index is 14.1. The minimum absolute atomic E-state index is 0.184. The van der Waals surface area contributed by atoms with Gasteiger partial charge in [0.1, 0.15) is 5.56 Å². The van der Waals surface area contributed by atoms with Gasteiger partial charge >= 0.3 is 24.5 Å². The first-order valence-corrected chi connectivity index (χ1v) is 11.6. The van der Waals surface area contributed by atoms with Gasteiger partial charge in [-0.05, 0) is 31.2 Å². The van der Waals surface area contributed by atoms with Crippen molar-refractivity contribution in [2.75, 3.05) is 6.61 Å². The Balaban J connectivity index is 0.000000353. The lowest BCUT2D eigenvalue weighted by Crippen LogP contribution is -2.19. The average Bonchev–Trinajstić information content (AvgIpc) is 3.36. The molecule has 0 atom stereocenters. The Morgan fingerprint density at radius 3 is 1.98 bits per heavy atom. The monoisotopic (exact) mass is 647 g/mol. The zero-order valence-corrected chi connectivity index (χ0v) is 21.7. The molecule has 230 valence electrons. The van der Waals surface area contributed by atoms with E-state index in [4.69, 9.17) is 11.6 Å². The zero-order valence-electron chi connectivity index (χ0n) is 20.9. The number of hydrogen-bond donors (Lipinski definition) is 0. The predicted molar refractivity (Wildman–Crippen MR) is 125 cm³/mol. The minimum atomic E-state index is -5.06. The first kappa shape index (κ1) is 33.2. The normalized spacial score (nSPS) is 12.0. The standard InChI is InChI=1S/C18H11F7N4O2.C6H2ClF4N/c1-2-31-16(30)11-8-27-29(14(11)18(23,24)25)13-5-3-4-12(28-13)10-6-9(17(20,21)22)7-26-15(10)19;7-4-1-3(6(9,10)11)2-12-5(4)8/h3-8H,2H2,1H3;1-2H. The van der Waals surface area contributed by atoms with Crippen LogP contribution in [0.2, 0.25) is 5.02 Å². The average molecular weight is 648 g/mol. The Morgan fingerprint density at radius 2 is 1.44 bits per heavy atom. The topological polar surface area (TPSA) is 82.8 Å². The Labute approximate surface area is 237 Å². The van der Waals surface area contributed by atoms with Gasteiger partial charge < -0.3 is 4.74 Å². The van der Waals surface area contributed by atoms with E-state index in [1.54, 1.807) is 0 Å². The maximum absolute atomic E-state index is 14.1. The van der Waals surface area contributed by atoms with E-state index in [1.165, 1.54) is 6.92 Å². The maximum Gasteiger partial charge on any atom is 0.434 e. The summed E-state index contributed by atoms with van der Waals surface area (Å²) in [5.41, 5.74) is -5.81. The van der Waals surface area contributed by atoms with Crippen molar-refractivity contribution in [1.82, 2.24) is 24.7 Å². The summed E-state index contributed by atoms with van der Waals surface area (Å²) in [4.78, 5) is 21.5. The molecule has 0 saturated carbocycles. The van der Waals surface area contributed by atoms with Gasteiger partial charge in [0, 0.05) is 12.4 Å². The Hall–Kier alpha value is -4.35. The van der Waals surface area contributed by atoms with Crippen LogP contribution in [0.15, 0.2) is 48.9 Å². The smallest absolute Gasteiger partial charge is 0.434 e. The van der Waals surface area contributed by atoms with Gasteiger partial charge in [0.15, 0.2) is 11.5 Å². The molecule has 19 heteroatoms. The second-order valence-corrected chi connectivity index (χ2v) is 8.38. The van der Waals surface area contributed by atoms with Gasteiger partial charge in [0.2, 0.25) is 11.9 Å². The fourth-order valence-corrected chi connectivity index (χ4v) is 3.37. The molecule has 7 nitrogen and oxygen atoms in total. The van der Waals surface area contributed by atoms with Crippen LogP contribution in [0, 0.1) is 11.9 Å². The third-order valence-corrected chi connectivity index (χ3v) is 5.32. The lowest BCUT2D eigenvalue weighted by atomic mass is 10.1. The summed E-state index contributed by atoms with van der Waals surface area (Å²) < 4.78 is 146. The molecule has 0 fully saturated rings. The van der Waals surface area contributed by atoms with Gasteiger partial charge in [-0.1, -0.05) is 17.7 Å². The number of carbonyl (C=O) groups excluding carboxylic acids is 1. The van der Waals surface area contributed by atoms with E-state index < -0.39 is 80.9 Å². The molecular formula is C24H13ClF11N5O2. The van der Waals surface area contributed by atoms with Crippen LogP contribution in [0.4, 0.5) is 48.3 Å². The molecule has 43 heavy (non-hydrogen) atoms. The van der Waals surface area contributed by atoms with E-state index in [0.29, 0.717) is 24.5 Å². The van der Waals surface area contributed by atoms with Crippen LogP contribution >= 0.6 is 11.6 Å². The molecule has 0 aliphatic carbocycles. The van der Waals surface area contributed by atoms with Gasteiger partial charge in [-0.2, -0.15) is 53.4 Å². The summed E-state index contributed by atoms with van der Waals surface area (Å²) in [6.45, 7) is 1.22. The van der Waals surface area contributed by atoms with Crippen molar-refractivity contribution in [3.63, 3.8) is 0 Å². The van der Waals surface area contributed by atoms with Crippen LogP contribution in [-0.4, -0.2) is 37.3 Å². The molecule has 4 aromatic rings. The summed E-state index contributed by atoms with van der Waals surface area (Å²) in [5, 5.41) is 2.88. The van der Waals surface area contributed by atoms with Gasteiger partial charge in [0.25, 0.3) is 0 Å². The van der Waals surface area contributed by atoms with Crippen molar-refractivity contribution in [3.8, 4) is 17.1 Å². The van der Waals surface area contributed by atoms with Gasteiger partial charge in [0.05, 0.1) is 40.2 Å². The highest BCUT2D eigenvalue weighted by atomic mass is 35.5. The lowest BCUT2D eigenvalue weighted by molar-refractivity contribution is -0.143. The number of ether oxygens (including phenoxy) is 1. The second-order valence-electron chi connectivity index (χ2n) is 7.97. The fourth-order valence-electron chi connectivity index (χ4n) is 3.20. The predicted octanol–water partition coefficient (Wildman–Crippen LogP) is 7.58. The molecule has 0 spiro atoms. The summed E-state index contributed by atoms with van der Waals surface area (Å²) in [6, 6.07) is 4.21. The summed E-state index contributed by atoms with van der Waals surface area (Å²) in [7, 11) is 0. The molecule has 0 aliphatic heterocycles. The van der Waals surface area contributed by atoms with Crippen molar-refractivity contribution < 1.29 is 57.8 Å². The lowest BCUT2D eigenvalue weighted by Gasteiger charge is -2.13. The molecule has 4 rings (SSSR count). The molecule has 0 unspecified atom stereocenters. The number of pyridine rings is 3. The number of rotatable bonds is 4. The van der Waals surface area contributed by atoms with E-state index in [1.807, 2.05) is 0 Å². The number of hydrogen-bond acceptors (Lipinski definition) is 6. The van der Waals surface area contributed by atoms with E-state index in [-0.39, 0.29) is 17.5 Å². The van der Waals surface area contributed by atoms with Crippen LogP contribution in [0.1, 0.15) is 34.1 Å². The highest BCUT2D eigenvalue weighted by Crippen LogP contribution is 2.35. The number of nitrogens with zero attached hydrogens (tertiary/aromatic N) is 5. The van der Waals surface area contributed by atoms with Crippen molar-refractivity contribution in [3.05, 3.63) is 88.2 Å². The van der Waals surface area contributed by atoms with Gasteiger partial charge in [-0.3, -0.25) is 0 Å². The first-order chi connectivity index (χ1) is 19.8. The molecule has 0 bridgehead atoms. The van der Waals surface area contributed by atoms with Crippen molar-refractivity contribution in [2.24, 2.45) is 0 Å². The van der Waals surface area contributed by atoms with Crippen molar-refractivity contribution >= 4 is 17.6 Å². The van der Waals surface area contributed by atoms with Crippen LogP contribution in [0.3, 0.4) is 0 Å². The highest BCUT2D eigenvalue weighted by molar-refractivity contribution is 6.30. The molecule has 0 N–H and O–H groups in total. The number of esters is 1. The van der Waals surface area contributed by atoms with Crippen LogP contribution in [-0.2, 0) is 23.3 Å². The SMILES string of the molecule is CCOC(=O)c1cnn(-c2cccc(-c3cc(C(F)(F)F)cnc3F)n2)c1C(F)(F)F.Fc1ncc(C(F)(F)F)cc1Cl. The third-order valence-electron chi connectivity index (χ3n) is 5.05. The van der Waals surface area contributed by atoms with Crippen molar-refractivity contribution in [1.29, 1.82) is 0 Å². The summed E-state index contributed by atoms with van der Waals surface area (Å²) in [5.74, 6) is -4.20. The largest absolute Gasteiger partial charge is 0.462 e. The molecule has 0 radical (unpaired) electrons. The third kappa shape index (κ3) is 7.94. The van der Waals surface area contributed by atoms with E-state index >= 15 is 0 Å². The fraction of sp³-hybridized carbons (Fsp3) is 0.208. The quantitative estimate of drug-likeness (QED) is 0.129. The van der Waals surface area contributed by atoms with Crippen LogP contribution in [0.5, 0.6) is 0 Å². The Morgan fingerprint density at radius 1 is 0.860 bits per heavy atom. The van der Waals surface area contributed by atoms with E-state index in [2.05, 4.69) is 24.8 Å². The van der Waals surface area contributed by atoms with E-state index in [0.717, 1.165) is 18.2 Å². The summed E-state index contributed by atoms with van der Waals surface area (Å²) >= 11 is 5.08. The first-order valence-electron chi connectivity index (χ1n) is 11.3. The molecule has 4 heterocycles. The van der Waals surface area contributed by atoms with E-state index in [9.17, 15) is 53.1 Å². The second kappa shape index (κ2) is 12.5. The zero-order chi connectivity index (χ0) is 32.3. The Bertz CT molecular complexity index is 1620. The highest BCUT2D eigenvalue weighted by Gasteiger charge is 2.41. The molecule has 4 aromatic heterocycles. The van der Waals surface area contributed by atoms with Gasteiger partial charge in [-0.25, -0.2) is 24.4 Å². The van der Waals surface area contributed by atoms with Crippen LogP contribution < -0.4 is 0 Å². The Kier molecular flexibility index (Phi) is 9.63. The molecular weight excluding hydrogens is 635 g/mol. The summed E-state index contributed by atoms with van der Waals surface area (Å²) in [6.07, 6.45) is -13.1. The molecule has 0 aliphatic rings. The molecule has 0 amide bonds. The molecule has 0 saturated heterocycles. The van der Waals surface area contributed by atoms with Crippen molar-refractivity contribution in [2.45, 2.75) is 25.5 Å². The molecule has 0 aromatic carbocycles.